The van der Waals surface area contributed by atoms with Gasteiger partial charge in [0.1, 0.15) is 12.4 Å². The van der Waals surface area contributed by atoms with E-state index < -0.39 is 0 Å². The van der Waals surface area contributed by atoms with E-state index >= 15 is 0 Å². The van der Waals surface area contributed by atoms with Crippen LogP contribution in [0.15, 0.2) is 42.7 Å². The molecule has 0 saturated carbocycles. The molecule has 3 rings (SSSR count). The fraction of sp³-hybridized carbons (Fsp3) is 0.476. The minimum atomic E-state index is 0.500. The maximum atomic E-state index is 6.20. The first-order valence-electron chi connectivity index (χ1n) is 9.55. The summed E-state index contributed by atoms with van der Waals surface area (Å²) in [6.07, 6.45) is 3.59. The summed E-state index contributed by atoms with van der Waals surface area (Å²) in [7, 11) is 2.19. The van der Waals surface area contributed by atoms with Crippen LogP contribution in [0.5, 0.6) is 5.75 Å². The van der Waals surface area contributed by atoms with Gasteiger partial charge in [-0.1, -0.05) is 17.7 Å². The highest BCUT2D eigenvalue weighted by molar-refractivity contribution is 6.30. The van der Waals surface area contributed by atoms with Gasteiger partial charge in [0.25, 0.3) is 0 Å². The number of aromatic nitrogens is 1. The largest absolute Gasteiger partial charge is 0.489 e. The molecule has 1 aliphatic rings. The third-order valence-corrected chi connectivity index (χ3v) is 5.29. The van der Waals surface area contributed by atoms with Crippen molar-refractivity contribution in [3.63, 3.8) is 0 Å². The highest BCUT2D eigenvalue weighted by Crippen LogP contribution is 2.24. The second-order valence-electron chi connectivity index (χ2n) is 7.22. The van der Waals surface area contributed by atoms with E-state index in [0.29, 0.717) is 12.6 Å². The van der Waals surface area contributed by atoms with Crippen LogP contribution in [0.3, 0.4) is 0 Å². The number of rotatable bonds is 8. The summed E-state index contributed by atoms with van der Waals surface area (Å²) in [5, 5.41) is 4.30. The zero-order valence-corrected chi connectivity index (χ0v) is 17.0. The van der Waals surface area contributed by atoms with E-state index in [9.17, 15) is 0 Å². The van der Waals surface area contributed by atoms with Crippen LogP contribution in [0.2, 0.25) is 5.02 Å². The number of piperazine rings is 1. The number of ether oxygens (including phenoxy) is 1. The molecule has 27 heavy (non-hydrogen) atoms. The van der Waals surface area contributed by atoms with Crippen molar-refractivity contribution in [3.8, 4) is 5.75 Å². The van der Waals surface area contributed by atoms with Crippen LogP contribution in [0.4, 0.5) is 0 Å². The zero-order chi connectivity index (χ0) is 19.1. The van der Waals surface area contributed by atoms with E-state index in [-0.39, 0.29) is 0 Å². The summed E-state index contributed by atoms with van der Waals surface area (Å²) in [4.78, 5) is 9.06. The molecule has 0 aliphatic carbocycles. The molecule has 5 nitrogen and oxygen atoms in total. The molecule has 1 atom stereocenters. The van der Waals surface area contributed by atoms with Gasteiger partial charge >= 0.3 is 0 Å². The van der Waals surface area contributed by atoms with E-state index in [1.165, 1.54) is 0 Å². The lowest BCUT2D eigenvalue weighted by Gasteiger charge is -2.36. The second-order valence-corrected chi connectivity index (χ2v) is 7.66. The van der Waals surface area contributed by atoms with E-state index in [0.717, 1.165) is 61.2 Å². The molecular weight excluding hydrogens is 360 g/mol. The van der Waals surface area contributed by atoms with Gasteiger partial charge in [-0.15, -0.1) is 0 Å². The Hall–Kier alpha value is -1.66. The average Bonchev–Trinajstić information content (AvgIpc) is 2.68. The summed E-state index contributed by atoms with van der Waals surface area (Å²) < 4.78 is 6.01. The summed E-state index contributed by atoms with van der Waals surface area (Å²) in [6, 6.07) is 10.2. The number of likely N-dealkylation sites (N-methyl/N-ethyl adjacent to an activating group) is 1. The van der Waals surface area contributed by atoms with Crippen molar-refractivity contribution in [1.82, 2.24) is 20.1 Å². The summed E-state index contributed by atoms with van der Waals surface area (Å²) >= 11 is 6.20. The predicted molar refractivity (Wildman–Crippen MR) is 110 cm³/mol. The lowest BCUT2D eigenvalue weighted by atomic mass is 10.2. The van der Waals surface area contributed by atoms with Crippen molar-refractivity contribution in [3.05, 3.63) is 58.9 Å². The number of halogens is 1. The molecule has 2 heterocycles. The maximum Gasteiger partial charge on any atom is 0.124 e. The van der Waals surface area contributed by atoms with Crippen molar-refractivity contribution in [2.45, 2.75) is 26.1 Å². The van der Waals surface area contributed by atoms with Crippen LogP contribution >= 0.6 is 11.6 Å². The molecule has 1 saturated heterocycles. The van der Waals surface area contributed by atoms with Crippen molar-refractivity contribution in [2.24, 2.45) is 0 Å². The molecule has 1 aromatic heterocycles. The number of nitrogens with one attached hydrogen (secondary N) is 1. The first-order chi connectivity index (χ1) is 13.1. The van der Waals surface area contributed by atoms with Gasteiger partial charge in [-0.05, 0) is 38.2 Å². The number of benzene rings is 1. The number of hydrogen-bond donors (Lipinski definition) is 1. The Kier molecular flexibility index (Phi) is 7.47. The summed E-state index contributed by atoms with van der Waals surface area (Å²) in [6.45, 7) is 9.03. The van der Waals surface area contributed by atoms with Gasteiger partial charge in [-0.25, -0.2) is 0 Å². The molecule has 0 amide bonds. The minimum Gasteiger partial charge on any atom is -0.489 e. The van der Waals surface area contributed by atoms with Gasteiger partial charge in [-0.2, -0.15) is 0 Å². The fourth-order valence-electron chi connectivity index (χ4n) is 3.28. The summed E-state index contributed by atoms with van der Waals surface area (Å²) in [5.41, 5.74) is 2.13. The first kappa shape index (κ1) is 20.1. The molecule has 0 radical (unpaired) electrons. The molecule has 0 spiro atoms. The van der Waals surface area contributed by atoms with Crippen LogP contribution in [-0.2, 0) is 13.2 Å². The lowest BCUT2D eigenvalue weighted by molar-refractivity contribution is 0.117. The molecule has 1 N–H and O–H groups in total. The van der Waals surface area contributed by atoms with Crippen LogP contribution in [-0.4, -0.2) is 60.6 Å². The zero-order valence-electron chi connectivity index (χ0n) is 16.2. The van der Waals surface area contributed by atoms with E-state index in [1.54, 1.807) is 6.20 Å². The van der Waals surface area contributed by atoms with Gasteiger partial charge in [0.05, 0.1) is 0 Å². The molecule has 1 aliphatic heterocycles. The van der Waals surface area contributed by atoms with Crippen LogP contribution in [0, 0.1) is 0 Å². The Morgan fingerprint density at radius 2 is 2.04 bits per heavy atom. The Bertz CT molecular complexity index is 705. The van der Waals surface area contributed by atoms with Crippen molar-refractivity contribution < 1.29 is 4.74 Å². The number of pyridine rings is 1. The second kappa shape index (κ2) is 10.0. The van der Waals surface area contributed by atoms with E-state index in [4.69, 9.17) is 16.3 Å². The third kappa shape index (κ3) is 6.18. The van der Waals surface area contributed by atoms with Gasteiger partial charge in [0, 0.05) is 73.9 Å². The molecule has 146 valence electrons. The SMILES string of the molecule is CC(CNCc1cc(Cl)ccc1OCc1cccnc1)N1CCN(C)CC1. The van der Waals surface area contributed by atoms with E-state index in [2.05, 4.69) is 34.1 Å². The maximum absolute atomic E-state index is 6.20. The molecule has 6 heteroatoms. The van der Waals surface area contributed by atoms with Crippen LogP contribution in [0.25, 0.3) is 0 Å². The van der Waals surface area contributed by atoms with Crippen molar-refractivity contribution >= 4 is 11.6 Å². The molecule has 1 fully saturated rings. The Balaban J connectivity index is 1.52. The fourth-order valence-corrected chi connectivity index (χ4v) is 3.47. The highest BCUT2D eigenvalue weighted by Gasteiger charge is 2.18. The Morgan fingerprint density at radius 3 is 2.78 bits per heavy atom. The topological polar surface area (TPSA) is 40.6 Å². The van der Waals surface area contributed by atoms with Gasteiger partial charge in [-0.3, -0.25) is 9.88 Å². The standard InChI is InChI=1S/C21H29ClN4O/c1-17(26-10-8-25(2)9-11-26)13-24-15-19-12-20(22)5-6-21(19)27-16-18-4-3-7-23-14-18/h3-7,12,14,17,24H,8-11,13,15-16H2,1-2H3. The third-order valence-electron chi connectivity index (χ3n) is 5.06. The minimum absolute atomic E-state index is 0.500. The van der Waals surface area contributed by atoms with E-state index in [1.807, 2.05) is 36.5 Å². The predicted octanol–water partition coefficient (Wildman–Crippen LogP) is 3.04. The molecule has 1 aromatic carbocycles. The Labute approximate surface area is 167 Å². The number of hydrogen-bond acceptors (Lipinski definition) is 5. The molecule has 2 aromatic rings. The monoisotopic (exact) mass is 388 g/mol. The molecular formula is C21H29ClN4O. The van der Waals surface area contributed by atoms with Crippen LogP contribution < -0.4 is 10.1 Å². The normalized spacial score (nSPS) is 17.0. The number of nitrogens with zero attached hydrogens (tertiary/aromatic N) is 3. The first-order valence-corrected chi connectivity index (χ1v) is 9.93. The molecule has 0 bridgehead atoms. The van der Waals surface area contributed by atoms with Crippen molar-refractivity contribution in [2.75, 3.05) is 39.8 Å². The molecule has 1 unspecified atom stereocenters. The van der Waals surface area contributed by atoms with Gasteiger partial charge in [0.15, 0.2) is 0 Å². The van der Waals surface area contributed by atoms with Crippen molar-refractivity contribution in [1.29, 1.82) is 0 Å². The van der Waals surface area contributed by atoms with Gasteiger partial charge in [0.2, 0.25) is 0 Å². The highest BCUT2D eigenvalue weighted by atomic mass is 35.5. The van der Waals surface area contributed by atoms with Crippen LogP contribution in [0.1, 0.15) is 18.1 Å². The quantitative estimate of drug-likeness (QED) is 0.752. The summed E-state index contributed by atoms with van der Waals surface area (Å²) in [5.74, 6) is 0.864. The smallest absolute Gasteiger partial charge is 0.124 e. The Morgan fingerprint density at radius 1 is 1.22 bits per heavy atom. The lowest BCUT2D eigenvalue weighted by Crippen LogP contribution is -2.50. The average molecular weight is 389 g/mol. The van der Waals surface area contributed by atoms with Gasteiger partial charge < -0.3 is 15.0 Å².